The molecule has 7 nitrogen and oxygen atoms in total. The van der Waals surface area contributed by atoms with Crippen LogP contribution in [-0.2, 0) is 13.0 Å². The molecule has 1 N–H and O–H groups in total. The number of carbonyl (C=O) groups is 1. The number of carboxylic acids is 1. The van der Waals surface area contributed by atoms with Gasteiger partial charge in [0, 0.05) is 12.4 Å². The van der Waals surface area contributed by atoms with Gasteiger partial charge in [-0.15, -0.1) is 5.10 Å². The normalized spacial score (nSPS) is 14.4. The molecule has 0 aromatic carbocycles. The molecule has 24 heavy (non-hydrogen) atoms. The maximum atomic E-state index is 11.2. The van der Waals surface area contributed by atoms with E-state index in [0.717, 1.165) is 15.8 Å². The van der Waals surface area contributed by atoms with Gasteiger partial charge in [-0.05, 0) is 52.7 Å². The molecule has 0 aliphatic heterocycles. The molecule has 1 aliphatic carbocycles. The first-order valence-corrected chi connectivity index (χ1v) is 8.68. The van der Waals surface area contributed by atoms with E-state index in [1.165, 1.54) is 18.4 Å². The molecule has 3 heterocycles. The molecule has 0 amide bonds. The Balaban J connectivity index is 1.70. The lowest BCUT2D eigenvalue weighted by atomic mass is 10.2. The summed E-state index contributed by atoms with van der Waals surface area (Å²) in [5.74, 6) is -0.387. The van der Waals surface area contributed by atoms with Gasteiger partial charge in [-0.1, -0.05) is 12.1 Å². The third-order valence-electron chi connectivity index (χ3n) is 4.31. The minimum absolute atomic E-state index is 0.0125. The first-order chi connectivity index (χ1) is 11.6. The average molecular weight is 390 g/mol. The van der Waals surface area contributed by atoms with Crippen molar-refractivity contribution < 1.29 is 9.90 Å². The quantitative estimate of drug-likeness (QED) is 0.724. The third kappa shape index (κ3) is 2.60. The Hall–Kier alpha value is -2.22. The van der Waals surface area contributed by atoms with Crippen LogP contribution < -0.4 is 0 Å². The molecular formula is C16H16BrN5O2. The maximum Gasteiger partial charge on any atom is 0.358 e. The summed E-state index contributed by atoms with van der Waals surface area (Å²) in [4.78, 5) is 15.8. The first-order valence-electron chi connectivity index (χ1n) is 7.89. The second kappa shape index (κ2) is 5.70. The van der Waals surface area contributed by atoms with E-state index in [1.54, 1.807) is 4.68 Å². The highest BCUT2D eigenvalue weighted by Crippen LogP contribution is 2.41. The first kappa shape index (κ1) is 15.3. The number of halogens is 1. The standard InChI is InChI=1S/C16H16BrN5O2/c1-2-13-14(16(23)24)19-20-22(13)8-11-7-21-6-10(9-3-4-9)5-12(17)15(21)18-11/h5-7,9H,2-4,8H2,1H3,(H,23,24). The largest absolute Gasteiger partial charge is 0.476 e. The molecule has 4 rings (SSSR count). The molecule has 3 aromatic heterocycles. The lowest BCUT2D eigenvalue weighted by molar-refractivity contribution is 0.0689. The minimum Gasteiger partial charge on any atom is -0.476 e. The lowest BCUT2D eigenvalue weighted by Gasteiger charge is -2.02. The molecule has 0 unspecified atom stereocenters. The van der Waals surface area contributed by atoms with Crippen molar-refractivity contribution in [2.75, 3.05) is 0 Å². The van der Waals surface area contributed by atoms with Gasteiger partial charge < -0.3 is 9.51 Å². The zero-order valence-corrected chi connectivity index (χ0v) is 14.7. The predicted molar refractivity (Wildman–Crippen MR) is 90.3 cm³/mol. The van der Waals surface area contributed by atoms with Gasteiger partial charge in [0.15, 0.2) is 11.3 Å². The van der Waals surface area contributed by atoms with Gasteiger partial charge in [-0.3, -0.25) is 0 Å². The monoisotopic (exact) mass is 389 g/mol. The highest BCUT2D eigenvalue weighted by atomic mass is 79.9. The van der Waals surface area contributed by atoms with Crippen molar-refractivity contribution in [3.63, 3.8) is 0 Å². The molecule has 1 saturated carbocycles. The van der Waals surface area contributed by atoms with Crippen LogP contribution in [0.1, 0.15) is 53.1 Å². The summed E-state index contributed by atoms with van der Waals surface area (Å²) in [6, 6.07) is 2.14. The van der Waals surface area contributed by atoms with Crippen LogP contribution in [0.25, 0.3) is 5.65 Å². The van der Waals surface area contributed by atoms with Crippen LogP contribution in [-0.4, -0.2) is 35.5 Å². The number of rotatable bonds is 5. The zero-order valence-electron chi connectivity index (χ0n) is 13.1. The Morgan fingerprint density at radius 1 is 1.42 bits per heavy atom. The predicted octanol–water partition coefficient (Wildman–Crippen LogP) is 2.87. The molecule has 1 aliphatic rings. The minimum atomic E-state index is -1.05. The second-order valence-electron chi connectivity index (χ2n) is 6.06. The molecule has 0 atom stereocenters. The highest BCUT2D eigenvalue weighted by Gasteiger charge is 2.25. The Morgan fingerprint density at radius 2 is 2.21 bits per heavy atom. The number of hydrogen-bond donors (Lipinski definition) is 1. The second-order valence-corrected chi connectivity index (χ2v) is 6.91. The van der Waals surface area contributed by atoms with Crippen LogP contribution in [0.3, 0.4) is 0 Å². The van der Waals surface area contributed by atoms with E-state index in [1.807, 2.05) is 17.5 Å². The summed E-state index contributed by atoms with van der Waals surface area (Å²) in [7, 11) is 0. The van der Waals surface area contributed by atoms with Crippen molar-refractivity contribution in [1.29, 1.82) is 0 Å². The Kier molecular flexibility index (Phi) is 3.64. The summed E-state index contributed by atoms with van der Waals surface area (Å²) in [5, 5.41) is 16.9. The number of aromatic nitrogens is 5. The van der Waals surface area contributed by atoms with Crippen molar-refractivity contribution in [3.8, 4) is 0 Å². The Bertz CT molecular complexity index is 941. The Morgan fingerprint density at radius 3 is 2.88 bits per heavy atom. The number of fused-ring (bicyclic) bond motifs is 1. The van der Waals surface area contributed by atoms with E-state index in [9.17, 15) is 9.90 Å². The number of carboxylic acid groups (broad SMARTS) is 1. The Labute approximate surface area is 146 Å². The molecule has 124 valence electrons. The zero-order chi connectivity index (χ0) is 16.8. The van der Waals surface area contributed by atoms with Gasteiger partial charge in [-0.25, -0.2) is 14.5 Å². The summed E-state index contributed by atoms with van der Waals surface area (Å²) in [6.07, 6.45) is 7.14. The molecule has 0 radical (unpaired) electrons. The summed E-state index contributed by atoms with van der Waals surface area (Å²) in [6.45, 7) is 2.29. The van der Waals surface area contributed by atoms with Crippen LogP contribution in [0.15, 0.2) is 22.9 Å². The highest BCUT2D eigenvalue weighted by molar-refractivity contribution is 9.10. The average Bonchev–Trinajstić information content (AvgIpc) is 3.19. The smallest absolute Gasteiger partial charge is 0.358 e. The van der Waals surface area contributed by atoms with Crippen LogP contribution in [0.5, 0.6) is 0 Å². The molecule has 0 bridgehead atoms. The van der Waals surface area contributed by atoms with Crippen LogP contribution in [0.4, 0.5) is 0 Å². The van der Waals surface area contributed by atoms with Crippen molar-refractivity contribution in [2.24, 2.45) is 0 Å². The van der Waals surface area contributed by atoms with E-state index in [2.05, 4.69) is 43.5 Å². The van der Waals surface area contributed by atoms with Crippen molar-refractivity contribution >= 4 is 27.5 Å². The SMILES string of the molecule is CCc1c(C(=O)O)nnn1Cc1cn2cc(C3CC3)cc(Br)c2n1. The van der Waals surface area contributed by atoms with Gasteiger partial charge >= 0.3 is 5.97 Å². The van der Waals surface area contributed by atoms with Crippen molar-refractivity contribution in [2.45, 2.75) is 38.6 Å². The van der Waals surface area contributed by atoms with Crippen molar-refractivity contribution in [1.82, 2.24) is 24.4 Å². The molecule has 0 saturated heterocycles. The maximum absolute atomic E-state index is 11.2. The van der Waals surface area contributed by atoms with Crippen molar-refractivity contribution in [3.05, 3.63) is 45.6 Å². The number of hydrogen-bond acceptors (Lipinski definition) is 4. The number of pyridine rings is 1. The topological polar surface area (TPSA) is 85.3 Å². The number of imidazole rings is 1. The van der Waals surface area contributed by atoms with Gasteiger partial charge in [0.1, 0.15) is 0 Å². The van der Waals surface area contributed by atoms with Gasteiger partial charge in [0.25, 0.3) is 0 Å². The lowest BCUT2D eigenvalue weighted by Crippen LogP contribution is -2.08. The van der Waals surface area contributed by atoms with Crippen LogP contribution in [0.2, 0.25) is 0 Å². The van der Waals surface area contributed by atoms with E-state index in [4.69, 9.17) is 0 Å². The molecular weight excluding hydrogens is 374 g/mol. The van der Waals surface area contributed by atoms with E-state index in [-0.39, 0.29) is 5.69 Å². The van der Waals surface area contributed by atoms with Gasteiger partial charge in [0.2, 0.25) is 0 Å². The molecule has 8 heteroatoms. The molecule has 0 spiro atoms. The third-order valence-corrected chi connectivity index (χ3v) is 4.90. The van der Waals surface area contributed by atoms with Crippen LogP contribution >= 0.6 is 15.9 Å². The van der Waals surface area contributed by atoms with Crippen LogP contribution in [0, 0.1) is 0 Å². The summed E-state index contributed by atoms with van der Waals surface area (Å²) in [5.41, 5.74) is 3.61. The summed E-state index contributed by atoms with van der Waals surface area (Å²) < 4.78 is 4.60. The van der Waals surface area contributed by atoms with Gasteiger partial charge in [-0.2, -0.15) is 0 Å². The van der Waals surface area contributed by atoms with E-state index >= 15 is 0 Å². The molecule has 3 aromatic rings. The molecule has 1 fully saturated rings. The summed E-state index contributed by atoms with van der Waals surface area (Å²) >= 11 is 3.60. The number of aromatic carboxylic acids is 1. The van der Waals surface area contributed by atoms with E-state index < -0.39 is 5.97 Å². The fraction of sp³-hybridized carbons (Fsp3) is 0.375. The van der Waals surface area contributed by atoms with Gasteiger partial charge in [0.05, 0.1) is 22.4 Å². The fourth-order valence-corrected chi connectivity index (χ4v) is 3.53. The van der Waals surface area contributed by atoms with E-state index in [0.29, 0.717) is 24.6 Å². The fourth-order valence-electron chi connectivity index (χ4n) is 2.97. The number of nitrogens with zero attached hydrogens (tertiary/aromatic N) is 5.